The van der Waals surface area contributed by atoms with E-state index < -0.39 is 0 Å². The van der Waals surface area contributed by atoms with Crippen LogP contribution in [0.15, 0.2) is 10.2 Å². The smallest absolute Gasteiger partial charge is 0.307 e. The van der Waals surface area contributed by atoms with E-state index in [0.29, 0.717) is 13.2 Å². The zero-order chi connectivity index (χ0) is 14.8. The third-order valence-corrected chi connectivity index (χ3v) is 6.02. The van der Waals surface area contributed by atoms with E-state index in [1.165, 1.54) is 34.7 Å². The minimum atomic E-state index is 0.165. The summed E-state index contributed by atoms with van der Waals surface area (Å²) in [5.41, 5.74) is 2.21. The van der Waals surface area contributed by atoms with Crippen LogP contribution in [0.25, 0.3) is 0 Å². The van der Waals surface area contributed by atoms with E-state index in [1.54, 1.807) is 18.4 Å². The Balaban J connectivity index is 1.82. The highest BCUT2D eigenvalue weighted by molar-refractivity contribution is 7.09. The van der Waals surface area contributed by atoms with Crippen molar-refractivity contribution in [2.24, 2.45) is 5.92 Å². The van der Waals surface area contributed by atoms with Crippen LogP contribution < -0.4 is 4.87 Å². The number of aromatic nitrogens is 2. The predicted octanol–water partition coefficient (Wildman–Crippen LogP) is 3.08. The minimum Gasteiger partial charge on any atom is -0.378 e. The van der Waals surface area contributed by atoms with Crippen LogP contribution >= 0.6 is 22.7 Å². The van der Waals surface area contributed by atoms with Gasteiger partial charge in [0.15, 0.2) is 0 Å². The first kappa shape index (κ1) is 14.9. The Kier molecular flexibility index (Phi) is 4.57. The van der Waals surface area contributed by atoms with E-state index >= 15 is 0 Å². The lowest BCUT2D eigenvalue weighted by Gasteiger charge is -2.21. The van der Waals surface area contributed by atoms with E-state index in [0.717, 1.165) is 29.5 Å². The Labute approximate surface area is 132 Å². The number of hydrogen-bond donors (Lipinski definition) is 0. The summed E-state index contributed by atoms with van der Waals surface area (Å²) in [6.45, 7) is 3.38. The van der Waals surface area contributed by atoms with Gasteiger partial charge in [-0.3, -0.25) is 9.36 Å². The third kappa shape index (κ3) is 3.12. The first-order valence-electron chi connectivity index (χ1n) is 7.34. The Hall–Kier alpha value is -0.980. The maximum Gasteiger partial charge on any atom is 0.307 e. The topological polar surface area (TPSA) is 44.1 Å². The maximum absolute atomic E-state index is 12.3. The molecule has 0 aromatic carbocycles. The predicted molar refractivity (Wildman–Crippen MR) is 86.3 cm³/mol. The lowest BCUT2D eigenvalue weighted by Crippen LogP contribution is -2.20. The third-order valence-electron chi connectivity index (χ3n) is 4.11. The molecule has 3 rings (SSSR count). The zero-order valence-electron chi connectivity index (χ0n) is 12.4. The van der Waals surface area contributed by atoms with Crippen LogP contribution in [-0.2, 0) is 30.7 Å². The van der Waals surface area contributed by atoms with E-state index in [2.05, 4.69) is 11.9 Å². The molecule has 0 unspecified atom stereocenters. The largest absolute Gasteiger partial charge is 0.378 e. The van der Waals surface area contributed by atoms with Gasteiger partial charge < -0.3 is 4.74 Å². The van der Waals surface area contributed by atoms with Gasteiger partial charge >= 0.3 is 4.87 Å². The first-order valence-corrected chi connectivity index (χ1v) is 9.04. The summed E-state index contributed by atoms with van der Waals surface area (Å²) in [5, 5.41) is 3.00. The molecule has 1 aliphatic rings. The Morgan fingerprint density at radius 1 is 1.52 bits per heavy atom. The normalized spacial score (nSPS) is 17.9. The molecular formula is C15H20N2O2S2. The van der Waals surface area contributed by atoms with Crippen LogP contribution in [0.5, 0.6) is 0 Å². The molecule has 4 nitrogen and oxygen atoms in total. The molecule has 0 amide bonds. The molecule has 0 bridgehead atoms. The first-order chi connectivity index (χ1) is 10.2. The number of hydrogen-bond acceptors (Lipinski definition) is 5. The van der Waals surface area contributed by atoms with E-state index in [4.69, 9.17) is 4.74 Å². The average Bonchev–Trinajstić information content (AvgIpc) is 3.04. The quantitative estimate of drug-likeness (QED) is 0.849. The van der Waals surface area contributed by atoms with Crippen molar-refractivity contribution in [3.8, 4) is 0 Å². The van der Waals surface area contributed by atoms with Crippen molar-refractivity contribution in [3.63, 3.8) is 0 Å². The number of methoxy groups -OCH3 is 1. The van der Waals surface area contributed by atoms with Crippen molar-refractivity contribution in [2.45, 2.75) is 45.8 Å². The van der Waals surface area contributed by atoms with Crippen molar-refractivity contribution in [1.29, 1.82) is 0 Å². The number of fused-ring (bicyclic) bond motifs is 1. The van der Waals surface area contributed by atoms with E-state index in [-0.39, 0.29) is 4.87 Å². The number of nitrogens with zero attached hydrogens (tertiary/aromatic N) is 2. The van der Waals surface area contributed by atoms with Crippen LogP contribution in [0.1, 0.15) is 41.0 Å². The molecular weight excluding hydrogens is 304 g/mol. The van der Waals surface area contributed by atoms with Crippen LogP contribution in [-0.4, -0.2) is 16.7 Å². The van der Waals surface area contributed by atoms with Crippen molar-refractivity contribution >= 4 is 22.7 Å². The Bertz CT molecular complexity index is 672. The van der Waals surface area contributed by atoms with Gasteiger partial charge in [0.1, 0.15) is 5.01 Å². The fourth-order valence-electron chi connectivity index (χ4n) is 2.90. The Morgan fingerprint density at radius 2 is 2.38 bits per heavy atom. The minimum absolute atomic E-state index is 0.165. The second kappa shape index (κ2) is 6.42. The molecule has 21 heavy (non-hydrogen) atoms. The van der Waals surface area contributed by atoms with Crippen LogP contribution in [0, 0.1) is 5.92 Å². The van der Waals surface area contributed by atoms with Gasteiger partial charge in [-0.25, -0.2) is 4.98 Å². The van der Waals surface area contributed by atoms with Gasteiger partial charge in [0.05, 0.1) is 18.8 Å². The SMILES string of the molecule is CC[C@@H]1CCc2c(sc(=O)n2Cc2csc(COC)n2)C1. The molecule has 1 aliphatic carbocycles. The van der Waals surface area contributed by atoms with Gasteiger partial charge in [-0.05, 0) is 25.2 Å². The molecule has 114 valence electrons. The molecule has 0 fully saturated rings. The summed E-state index contributed by atoms with van der Waals surface area (Å²) in [6, 6.07) is 0. The summed E-state index contributed by atoms with van der Waals surface area (Å²) in [7, 11) is 1.67. The van der Waals surface area contributed by atoms with E-state index in [9.17, 15) is 4.79 Å². The molecule has 0 N–H and O–H groups in total. The number of ether oxygens (including phenoxy) is 1. The summed E-state index contributed by atoms with van der Waals surface area (Å²) in [6.07, 6.45) is 4.51. The highest BCUT2D eigenvalue weighted by Gasteiger charge is 2.23. The van der Waals surface area contributed by atoms with Crippen LogP contribution in [0.4, 0.5) is 0 Å². The fraction of sp³-hybridized carbons (Fsp3) is 0.600. The molecule has 0 aliphatic heterocycles. The summed E-state index contributed by atoms with van der Waals surface area (Å²) < 4.78 is 7.02. The second-order valence-corrected chi connectivity index (χ2v) is 7.50. The van der Waals surface area contributed by atoms with E-state index in [1.807, 2.05) is 9.95 Å². The summed E-state index contributed by atoms with van der Waals surface area (Å²) in [4.78, 5) is 18.3. The van der Waals surface area contributed by atoms with Crippen molar-refractivity contribution in [1.82, 2.24) is 9.55 Å². The second-order valence-electron chi connectivity index (χ2n) is 5.51. The fourth-order valence-corrected chi connectivity index (χ4v) is 4.80. The molecule has 0 saturated carbocycles. The number of rotatable bonds is 5. The molecule has 6 heteroatoms. The monoisotopic (exact) mass is 324 g/mol. The lowest BCUT2D eigenvalue weighted by molar-refractivity contribution is 0.184. The standard InChI is InChI=1S/C15H20N2O2S2/c1-3-10-4-5-12-13(6-10)21-15(18)17(12)7-11-9-20-14(16-11)8-19-2/h9-10H,3-8H2,1-2H3/t10-/m1/s1. The van der Waals surface area contributed by atoms with Gasteiger partial charge in [-0.1, -0.05) is 24.7 Å². The van der Waals surface area contributed by atoms with Crippen molar-refractivity contribution < 1.29 is 4.74 Å². The van der Waals surface area contributed by atoms with Crippen LogP contribution in [0.2, 0.25) is 0 Å². The van der Waals surface area contributed by atoms with Gasteiger partial charge in [0.2, 0.25) is 0 Å². The maximum atomic E-state index is 12.3. The molecule has 2 aromatic rings. The van der Waals surface area contributed by atoms with Crippen molar-refractivity contribution in [3.05, 3.63) is 36.3 Å². The van der Waals surface area contributed by atoms with Gasteiger partial charge in [-0.15, -0.1) is 11.3 Å². The summed E-state index contributed by atoms with van der Waals surface area (Å²) in [5.74, 6) is 0.747. The molecule has 0 radical (unpaired) electrons. The van der Waals surface area contributed by atoms with Gasteiger partial charge in [0.25, 0.3) is 0 Å². The molecule has 0 spiro atoms. The van der Waals surface area contributed by atoms with Gasteiger partial charge in [0, 0.05) is 23.1 Å². The molecule has 1 atom stereocenters. The number of thiazole rings is 2. The van der Waals surface area contributed by atoms with Crippen molar-refractivity contribution in [2.75, 3.05) is 7.11 Å². The average molecular weight is 324 g/mol. The lowest BCUT2D eigenvalue weighted by atomic mass is 9.89. The Morgan fingerprint density at radius 3 is 3.14 bits per heavy atom. The molecule has 2 aromatic heterocycles. The highest BCUT2D eigenvalue weighted by Crippen LogP contribution is 2.29. The molecule has 2 heterocycles. The van der Waals surface area contributed by atoms with Gasteiger partial charge in [-0.2, -0.15) is 0 Å². The summed E-state index contributed by atoms with van der Waals surface area (Å²) >= 11 is 3.03. The zero-order valence-corrected chi connectivity index (χ0v) is 14.1. The highest BCUT2D eigenvalue weighted by atomic mass is 32.1. The van der Waals surface area contributed by atoms with Crippen LogP contribution in [0.3, 0.4) is 0 Å². The molecule has 0 saturated heterocycles.